The second-order valence-electron chi connectivity index (χ2n) is 13.6. The van der Waals surface area contributed by atoms with Crippen LogP contribution in [0.3, 0.4) is 0 Å². The van der Waals surface area contributed by atoms with Crippen LogP contribution < -0.4 is 0 Å². The van der Waals surface area contributed by atoms with Crippen LogP contribution in [-0.2, 0) is 23.9 Å². The van der Waals surface area contributed by atoms with Gasteiger partial charge < -0.3 is 14.6 Å². The van der Waals surface area contributed by atoms with Crippen molar-refractivity contribution in [3.8, 4) is 0 Å². The van der Waals surface area contributed by atoms with E-state index in [0.29, 0.717) is 43.4 Å². The van der Waals surface area contributed by atoms with E-state index in [4.69, 9.17) is 9.47 Å². The van der Waals surface area contributed by atoms with Crippen molar-refractivity contribution < 1.29 is 29.0 Å². The number of hydrogen-bond donors (Lipinski definition) is 1. The average molecular weight is 517 g/mol. The molecule has 0 saturated heterocycles. The van der Waals surface area contributed by atoms with Crippen LogP contribution in [-0.4, -0.2) is 40.6 Å². The highest BCUT2D eigenvalue weighted by molar-refractivity contribution is 5.94. The minimum absolute atomic E-state index is 0.0847. The second kappa shape index (κ2) is 10.1. The molecule has 0 aliphatic heterocycles. The van der Waals surface area contributed by atoms with E-state index < -0.39 is 17.1 Å². The molecule has 1 N–H and O–H groups in total. The first-order chi connectivity index (χ1) is 17.2. The summed E-state index contributed by atoms with van der Waals surface area (Å²) in [5.74, 6) is 0.627. The Labute approximate surface area is 222 Å². The Morgan fingerprint density at radius 2 is 1.73 bits per heavy atom. The maximum atomic E-state index is 14.1. The zero-order chi connectivity index (χ0) is 27.3. The molecule has 6 nitrogen and oxygen atoms in total. The summed E-state index contributed by atoms with van der Waals surface area (Å²) in [6, 6.07) is 0. The van der Waals surface area contributed by atoms with Gasteiger partial charge in [-0.3, -0.25) is 14.4 Å². The molecule has 37 heavy (non-hydrogen) atoms. The Balaban J connectivity index is 1.70. The molecule has 0 radical (unpaired) electrons. The van der Waals surface area contributed by atoms with Gasteiger partial charge in [0.25, 0.3) is 0 Å². The molecular formula is C31H48O6. The minimum Gasteiger partial charge on any atom is -0.463 e. The van der Waals surface area contributed by atoms with Gasteiger partial charge in [-0.1, -0.05) is 53.9 Å². The lowest BCUT2D eigenvalue weighted by molar-refractivity contribution is -0.194. The Morgan fingerprint density at radius 3 is 2.35 bits per heavy atom. The van der Waals surface area contributed by atoms with E-state index in [1.807, 2.05) is 13.0 Å². The molecule has 0 unspecified atom stereocenters. The van der Waals surface area contributed by atoms with Gasteiger partial charge in [0.05, 0.1) is 0 Å². The number of ketones is 1. The molecule has 4 rings (SSSR count). The van der Waals surface area contributed by atoms with Crippen LogP contribution in [0.4, 0.5) is 0 Å². The molecule has 0 bridgehead atoms. The number of Topliss-reactive ketones (excluding diaryl/α,β-unsaturated/α-hetero) is 1. The molecule has 6 heteroatoms. The summed E-state index contributed by atoms with van der Waals surface area (Å²) in [6.45, 7) is 13.9. The molecule has 0 heterocycles. The summed E-state index contributed by atoms with van der Waals surface area (Å²) >= 11 is 0. The molecule has 0 amide bonds. The van der Waals surface area contributed by atoms with Crippen molar-refractivity contribution in [1.82, 2.24) is 0 Å². The summed E-state index contributed by atoms with van der Waals surface area (Å²) in [5.41, 5.74) is -1.77. The fourth-order valence-corrected chi connectivity index (χ4v) is 8.98. The SMILES string of the molecule is CC(=O)O[C@H]1CC[C@@]2(C)[C@H](C1)[C@@H](OC(C)=O)C=C1[C@@H]3CC[C@H]([C@H](C)CCCC(C)C)[C@@]3(C)CC(=O)[C@@]12O. The zero-order valence-electron chi connectivity index (χ0n) is 24.0. The van der Waals surface area contributed by atoms with Crippen molar-refractivity contribution in [2.45, 2.75) is 124 Å². The van der Waals surface area contributed by atoms with Crippen LogP contribution >= 0.6 is 0 Å². The first-order valence-corrected chi connectivity index (χ1v) is 14.6. The summed E-state index contributed by atoms with van der Waals surface area (Å²) in [7, 11) is 0. The molecule has 0 aromatic rings. The number of ether oxygens (including phenoxy) is 2. The van der Waals surface area contributed by atoms with E-state index >= 15 is 0 Å². The van der Waals surface area contributed by atoms with E-state index in [1.54, 1.807) is 0 Å². The fourth-order valence-electron chi connectivity index (χ4n) is 8.98. The summed E-state index contributed by atoms with van der Waals surface area (Å²) in [4.78, 5) is 38.0. The number of carbonyl (C=O) groups is 3. The molecular weight excluding hydrogens is 468 g/mol. The lowest BCUT2D eigenvalue weighted by Crippen LogP contribution is -2.68. The summed E-state index contributed by atoms with van der Waals surface area (Å²) < 4.78 is 11.4. The lowest BCUT2D eigenvalue weighted by atomic mass is 9.44. The van der Waals surface area contributed by atoms with Gasteiger partial charge in [-0.25, -0.2) is 0 Å². The Kier molecular flexibility index (Phi) is 7.75. The van der Waals surface area contributed by atoms with Gasteiger partial charge in [-0.15, -0.1) is 0 Å². The van der Waals surface area contributed by atoms with Crippen molar-refractivity contribution in [3.05, 3.63) is 11.6 Å². The zero-order valence-corrected chi connectivity index (χ0v) is 24.0. The third-order valence-corrected chi connectivity index (χ3v) is 10.8. The van der Waals surface area contributed by atoms with Gasteiger partial charge in [0.15, 0.2) is 5.78 Å². The first-order valence-electron chi connectivity index (χ1n) is 14.6. The van der Waals surface area contributed by atoms with Gasteiger partial charge in [-0.05, 0) is 72.8 Å². The highest BCUT2D eigenvalue weighted by Crippen LogP contribution is 2.67. The molecule has 4 aliphatic carbocycles. The molecule has 4 aliphatic rings. The van der Waals surface area contributed by atoms with Crippen molar-refractivity contribution >= 4 is 17.7 Å². The number of fused-ring (bicyclic) bond motifs is 5. The third kappa shape index (κ3) is 4.70. The van der Waals surface area contributed by atoms with Crippen LogP contribution in [0.2, 0.25) is 0 Å². The molecule has 208 valence electrons. The van der Waals surface area contributed by atoms with Crippen LogP contribution in [0.5, 0.6) is 0 Å². The number of rotatable bonds is 7. The van der Waals surface area contributed by atoms with E-state index in [9.17, 15) is 19.5 Å². The number of carbonyl (C=O) groups excluding carboxylic acids is 3. The van der Waals surface area contributed by atoms with Gasteiger partial charge in [0, 0.05) is 31.6 Å². The quantitative estimate of drug-likeness (QED) is 0.340. The highest BCUT2D eigenvalue weighted by Gasteiger charge is 2.70. The van der Waals surface area contributed by atoms with E-state index in [-0.39, 0.29) is 41.1 Å². The smallest absolute Gasteiger partial charge is 0.303 e. The monoisotopic (exact) mass is 516 g/mol. The van der Waals surface area contributed by atoms with Crippen LogP contribution in [0.15, 0.2) is 11.6 Å². The fraction of sp³-hybridized carbons (Fsp3) is 0.839. The van der Waals surface area contributed by atoms with Crippen molar-refractivity contribution in [3.63, 3.8) is 0 Å². The third-order valence-electron chi connectivity index (χ3n) is 10.8. The Bertz CT molecular complexity index is 953. The normalized spacial score (nSPS) is 41.8. The predicted octanol–water partition coefficient (Wildman–Crippen LogP) is 5.80. The molecule has 0 aromatic carbocycles. The van der Waals surface area contributed by atoms with E-state index in [1.165, 1.54) is 26.7 Å². The standard InChI is InChI=1S/C31H48O6/c1-18(2)9-8-10-19(3)23-11-12-24-25-16-27(37-21(5)33)26-15-22(36-20(4)32)13-14-30(26,7)31(25,35)28(34)17-29(23,24)6/h16,18-19,22-24,26-27,35H,8-15,17H2,1-7H3/t19-,22+,23-,24+,26-,27+,29-,30+,31+/m1/s1. The summed E-state index contributed by atoms with van der Waals surface area (Å²) in [6.07, 6.45) is 8.62. The molecule has 9 atom stereocenters. The lowest BCUT2D eigenvalue weighted by Gasteiger charge is -2.62. The Morgan fingerprint density at radius 1 is 1.05 bits per heavy atom. The molecule has 0 spiro atoms. The first kappa shape index (κ1) is 28.3. The molecule has 3 saturated carbocycles. The predicted molar refractivity (Wildman–Crippen MR) is 141 cm³/mol. The molecule has 0 aromatic heterocycles. The second-order valence-corrected chi connectivity index (χ2v) is 13.6. The topological polar surface area (TPSA) is 89.9 Å². The average Bonchev–Trinajstić information content (AvgIpc) is 3.12. The van der Waals surface area contributed by atoms with Gasteiger partial charge in [-0.2, -0.15) is 0 Å². The number of esters is 2. The molecule has 3 fully saturated rings. The number of hydrogen-bond acceptors (Lipinski definition) is 6. The largest absolute Gasteiger partial charge is 0.463 e. The van der Waals surface area contributed by atoms with Crippen molar-refractivity contribution in [2.24, 2.45) is 40.4 Å². The van der Waals surface area contributed by atoms with E-state index in [0.717, 1.165) is 24.8 Å². The van der Waals surface area contributed by atoms with Gasteiger partial charge in [0.1, 0.15) is 17.8 Å². The van der Waals surface area contributed by atoms with Crippen molar-refractivity contribution in [1.29, 1.82) is 0 Å². The van der Waals surface area contributed by atoms with Crippen LogP contribution in [0, 0.1) is 40.4 Å². The van der Waals surface area contributed by atoms with Crippen LogP contribution in [0.25, 0.3) is 0 Å². The summed E-state index contributed by atoms with van der Waals surface area (Å²) in [5, 5.41) is 12.5. The maximum absolute atomic E-state index is 14.1. The van der Waals surface area contributed by atoms with Crippen LogP contribution in [0.1, 0.15) is 106 Å². The highest BCUT2D eigenvalue weighted by atomic mass is 16.5. The van der Waals surface area contributed by atoms with E-state index in [2.05, 4.69) is 27.7 Å². The minimum atomic E-state index is -1.57. The van der Waals surface area contributed by atoms with Gasteiger partial charge >= 0.3 is 11.9 Å². The Hall–Kier alpha value is -1.69. The van der Waals surface area contributed by atoms with Crippen molar-refractivity contribution in [2.75, 3.05) is 0 Å². The number of aliphatic hydroxyl groups is 1. The maximum Gasteiger partial charge on any atom is 0.303 e. The van der Waals surface area contributed by atoms with Gasteiger partial charge in [0.2, 0.25) is 0 Å².